The molecule has 7 nitrogen and oxygen atoms in total. The second kappa shape index (κ2) is 10.3. The van der Waals surface area contributed by atoms with Crippen molar-refractivity contribution < 1.29 is 4.79 Å². The summed E-state index contributed by atoms with van der Waals surface area (Å²) in [6.45, 7) is 8.94. The van der Waals surface area contributed by atoms with Gasteiger partial charge in [-0.3, -0.25) is 14.2 Å². The highest BCUT2D eigenvalue weighted by Crippen LogP contribution is 2.31. The van der Waals surface area contributed by atoms with Gasteiger partial charge in [-0.25, -0.2) is 0 Å². The molecule has 8 heteroatoms. The monoisotopic (exact) mass is 500 g/mol. The normalized spacial score (nSPS) is 14.4. The van der Waals surface area contributed by atoms with Crippen LogP contribution in [-0.2, 0) is 13.6 Å². The fourth-order valence-corrected chi connectivity index (χ4v) is 5.41. The average molecular weight is 501 g/mol. The third kappa shape index (κ3) is 5.24. The molecule has 0 spiro atoms. The minimum Gasteiger partial charge on any atom is -0.346 e. The molecule has 4 aromatic rings. The Bertz CT molecular complexity index is 1390. The molecule has 36 heavy (non-hydrogen) atoms. The molecule has 0 bridgehead atoms. The van der Waals surface area contributed by atoms with Crippen LogP contribution in [0.4, 0.5) is 0 Å². The molecule has 2 aromatic carbocycles. The first-order valence-corrected chi connectivity index (χ1v) is 13.2. The van der Waals surface area contributed by atoms with E-state index in [-0.39, 0.29) is 11.9 Å². The van der Waals surface area contributed by atoms with Gasteiger partial charge >= 0.3 is 0 Å². The number of amides is 1. The summed E-state index contributed by atoms with van der Waals surface area (Å²) in [4.78, 5) is 14.5. The largest absolute Gasteiger partial charge is 0.346 e. The third-order valence-corrected chi connectivity index (χ3v) is 7.79. The summed E-state index contributed by atoms with van der Waals surface area (Å²) in [5.41, 5.74) is 6.73. The van der Waals surface area contributed by atoms with Gasteiger partial charge in [0.1, 0.15) is 0 Å². The first kappa shape index (κ1) is 24.3. The summed E-state index contributed by atoms with van der Waals surface area (Å²) >= 11 is 1.83. The summed E-state index contributed by atoms with van der Waals surface area (Å²) in [5, 5.41) is 16.2. The predicted octanol–water partition coefficient (Wildman–Crippen LogP) is 4.83. The molecule has 1 amide bonds. The van der Waals surface area contributed by atoms with Crippen molar-refractivity contribution in [1.82, 2.24) is 30.2 Å². The first-order chi connectivity index (χ1) is 17.4. The van der Waals surface area contributed by atoms with Gasteiger partial charge in [-0.2, -0.15) is 10.2 Å². The molecule has 0 unspecified atom stereocenters. The molecular weight excluding hydrogens is 468 g/mol. The molecule has 1 aliphatic heterocycles. The number of benzene rings is 2. The number of carbonyl (C=O) groups excluding carboxylic acids is 1. The van der Waals surface area contributed by atoms with E-state index >= 15 is 0 Å². The van der Waals surface area contributed by atoms with Crippen molar-refractivity contribution in [3.05, 3.63) is 77.7 Å². The van der Waals surface area contributed by atoms with E-state index < -0.39 is 0 Å². The van der Waals surface area contributed by atoms with Gasteiger partial charge in [0.2, 0.25) is 0 Å². The van der Waals surface area contributed by atoms with Crippen LogP contribution in [0.2, 0.25) is 0 Å². The predicted molar refractivity (Wildman–Crippen MR) is 145 cm³/mol. The first-order valence-electron chi connectivity index (χ1n) is 12.4. The lowest BCUT2D eigenvalue weighted by Gasteiger charge is -2.26. The highest BCUT2D eigenvalue weighted by molar-refractivity contribution is 8.00. The number of nitrogens with one attached hydrogen (secondary N) is 2. The lowest BCUT2D eigenvalue weighted by atomic mass is 9.96. The average Bonchev–Trinajstić information content (AvgIpc) is 3.51. The fourth-order valence-electron chi connectivity index (χ4n) is 4.29. The maximum atomic E-state index is 13.4. The maximum absolute atomic E-state index is 13.4. The quantitative estimate of drug-likeness (QED) is 0.362. The van der Waals surface area contributed by atoms with Crippen molar-refractivity contribution >= 4 is 17.7 Å². The molecule has 186 valence electrons. The number of hydrogen-bond acceptors (Lipinski definition) is 5. The Morgan fingerprint density at radius 3 is 2.64 bits per heavy atom. The minimum absolute atomic E-state index is 0.0576. The molecule has 1 saturated heterocycles. The van der Waals surface area contributed by atoms with Crippen LogP contribution in [0.5, 0.6) is 0 Å². The Kier molecular flexibility index (Phi) is 6.98. The number of nitrogens with zero attached hydrogens (tertiary/aromatic N) is 4. The van der Waals surface area contributed by atoms with Gasteiger partial charge in [0.15, 0.2) is 0 Å². The van der Waals surface area contributed by atoms with Gasteiger partial charge in [-0.05, 0) is 73.9 Å². The summed E-state index contributed by atoms with van der Waals surface area (Å²) in [5.74, 6) is -0.0576. The summed E-state index contributed by atoms with van der Waals surface area (Å²) in [6.07, 6.45) is 5.85. The molecule has 0 radical (unpaired) electrons. The van der Waals surface area contributed by atoms with E-state index in [1.165, 1.54) is 0 Å². The fraction of sp³-hybridized carbons (Fsp3) is 0.321. The van der Waals surface area contributed by atoms with Crippen molar-refractivity contribution in [3.8, 4) is 22.4 Å². The SMILES string of the molecule is CCn1ccc(-c2cc(-c3cnn(C)c3)cc([C@@H](C)NC(=O)c3cc(SC4CNC4)ccc3C)c2)n1. The van der Waals surface area contributed by atoms with Crippen molar-refractivity contribution in [3.63, 3.8) is 0 Å². The van der Waals surface area contributed by atoms with E-state index in [0.717, 1.165) is 63.6 Å². The lowest BCUT2D eigenvalue weighted by molar-refractivity contribution is 0.0939. The Labute approximate surface area is 216 Å². The second-order valence-corrected chi connectivity index (χ2v) is 10.7. The Hall–Kier alpha value is -3.36. The van der Waals surface area contributed by atoms with Gasteiger partial charge in [-0.15, -0.1) is 11.8 Å². The molecular formula is C28H32N6OS. The van der Waals surface area contributed by atoms with Crippen LogP contribution in [0.3, 0.4) is 0 Å². The van der Waals surface area contributed by atoms with Crippen molar-refractivity contribution in [2.45, 2.75) is 43.5 Å². The van der Waals surface area contributed by atoms with Crippen LogP contribution >= 0.6 is 11.8 Å². The van der Waals surface area contributed by atoms with Crippen molar-refractivity contribution in [2.24, 2.45) is 7.05 Å². The zero-order valence-corrected chi connectivity index (χ0v) is 22.0. The van der Waals surface area contributed by atoms with Crippen molar-refractivity contribution in [1.29, 1.82) is 0 Å². The molecule has 1 atom stereocenters. The summed E-state index contributed by atoms with van der Waals surface area (Å²) < 4.78 is 3.72. The molecule has 0 saturated carbocycles. The maximum Gasteiger partial charge on any atom is 0.252 e. The van der Waals surface area contributed by atoms with E-state index in [9.17, 15) is 4.79 Å². The van der Waals surface area contributed by atoms with Crippen molar-refractivity contribution in [2.75, 3.05) is 13.1 Å². The zero-order valence-electron chi connectivity index (χ0n) is 21.2. The van der Waals surface area contributed by atoms with Gasteiger partial charge < -0.3 is 10.6 Å². The van der Waals surface area contributed by atoms with Crippen LogP contribution in [0, 0.1) is 6.92 Å². The van der Waals surface area contributed by atoms with E-state index in [1.54, 1.807) is 4.68 Å². The minimum atomic E-state index is -0.187. The molecule has 1 aliphatic rings. The van der Waals surface area contributed by atoms with Gasteiger partial charge in [0.05, 0.1) is 17.9 Å². The lowest BCUT2D eigenvalue weighted by Crippen LogP contribution is -2.44. The number of carbonyl (C=O) groups is 1. The third-order valence-electron chi connectivity index (χ3n) is 6.60. The molecule has 2 N–H and O–H groups in total. The number of rotatable bonds is 8. The highest BCUT2D eigenvalue weighted by Gasteiger charge is 2.20. The van der Waals surface area contributed by atoms with Crippen LogP contribution in [0.25, 0.3) is 22.4 Å². The molecule has 2 aromatic heterocycles. The van der Waals surface area contributed by atoms with Crippen LogP contribution in [0.15, 0.2) is 66.0 Å². The van der Waals surface area contributed by atoms with E-state index in [2.05, 4.69) is 46.9 Å². The number of aryl methyl sites for hydroxylation is 3. The van der Waals surface area contributed by atoms with E-state index in [1.807, 2.05) is 74.1 Å². The van der Waals surface area contributed by atoms with E-state index in [4.69, 9.17) is 5.10 Å². The molecule has 5 rings (SSSR count). The molecule has 0 aliphatic carbocycles. The Balaban J connectivity index is 1.43. The van der Waals surface area contributed by atoms with Gasteiger partial charge in [0, 0.05) is 65.9 Å². The van der Waals surface area contributed by atoms with Crippen LogP contribution in [0.1, 0.15) is 41.4 Å². The van der Waals surface area contributed by atoms with Crippen LogP contribution < -0.4 is 10.6 Å². The number of aromatic nitrogens is 4. The highest BCUT2D eigenvalue weighted by atomic mass is 32.2. The zero-order chi connectivity index (χ0) is 25.2. The van der Waals surface area contributed by atoms with Gasteiger partial charge in [-0.1, -0.05) is 6.07 Å². The Morgan fingerprint density at radius 2 is 1.97 bits per heavy atom. The van der Waals surface area contributed by atoms with Gasteiger partial charge in [0.25, 0.3) is 5.91 Å². The summed E-state index contributed by atoms with van der Waals surface area (Å²) in [6, 6.07) is 14.4. The number of thioether (sulfide) groups is 1. The smallest absolute Gasteiger partial charge is 0.252 e. The topological polar surface area (TPSA) is 76.8 Å². The van der Waals surface area contributed by atoms with Crippen LogP contribution in [-0.4, -0.2) is 43.8 Å². The van der Waals surface area contributed by atoms with E-state index in [0.29, 0.717) is 5.25 Å². The standard InChI is InChI=1S/C28H32N6OS/c1-5-34-9-8-27(32-34)22-11-20(10-21(12-22)23-14-30-33(4)17-23)19(3)31-28(35)26-13-24(7-6-18(26)2)36-25-15-29-16-25/h6-14,17,19,25,29H,5,15-16H2,1-4H3,(H,31,35)/t19-/m1/s1. The second-order valence-electron chi connectivity index (χ2n) is 9.37. The molecule has 3 heterocycles. The molecule has 1 fully saturated rings. The Morgan fingerprint density at radius 1 is 1.17 bits per heavy atom. The summed E-state index contributed by atoms with van der Waals surface area (Å²) in [7, 11) is 1.91. The number of hydrogen-bond donors (Lipinski definition) is 2.